The van der Waals surface area contributed by atoms with E-state index in [4.69, 9.17) is 19.2 Å². The number of sulfonamides is 1. The molecule has 0 spiro atoms. The van der Waals surface area contributed by atoms with Crippen LogP contribution in [0.4, 0.5) is 5.69 Å². The lowest BCUT2D eigenvalue weighted by Crippen LogP contribution is -2.39. The average Bonchev–Trinajstić information content (AvgIpc) is 3.31. The summed E-state index contributed by atoms with van der Waals surface area (Å²) >= 11 is 0. The van der Waals surface area contributed by atoms with E-state index in [0.717, 1.165) is 56.8 Å². The van der Waals surface area contributed by atoms with Gasteiger partial charge in [-0.3, -0.25) is 9.40 Å². The smallest absolute Gasteiger partial charge is 0.238 e. The van der Waals surface area contributed by atoms with Crippen molar-refractivity contribution in [2.75, 3.05) is 57.5 Å². The molecule has 0 saturated carbocycles. The minimum atomic E-state index is -3.52. The van der Waals surface area contributed by atoms with Gasteiger partial charge in [0.2, 0.25) is 15.9 Å². The van der Waals surface area contributed by atoms with Gasteiger partial charge in [0, 0.05) is 50.6 Å². The molecule has 2 aliphatic heterocycles. The van der Waals surface area contributed by atoms with Gasteiger partial charge in [-0.1, -0.05) is 0 Å². The number of hydrogen-bond acceptors (Lipinski definition) is 9. The van der Waals surface area contributed by atoms with Crippen molar-refractivity contribution in [1.29, 1.82) is 0 Å². The summed E-state index contributed by atoms with van der Waals surface area (Å²) in [6, 6.07) is 3.54. The number of rotatable bonds is 10. The van der Waals surface area contributed by atoms with E-state index in [1.165, 1.54) is 32.8 Å². The normalized spacial score (nSPS) is 19.3. The van der Waals surface area contributed by atoms with Crippen LogP contribution in [0.5, 0.6) is 11.6 Å². The molecule has 0 amide bonds. The largest absolute Gasteiger partial charge is 0.492 e. The number of pyridine rings is 2. The Labute approximate surface area is 229 Å². The first kappa shape index (κ1) is 27.6. The van der Waals surface area contributed by atoms with Crippen LogP contribution in [0.15, 0.2) is 24.5 Å². The van der Waals surface area contributed by atoms with Crippen LogP contribution in [0.2, 0.25) is 0 Å². The van der Waals surface area contributed by atoms with Gasteiger partial charge in [0.1, 0.15) is 11.4 Å². The highest BCUT2D eigenvalue weighted by molar-refractivity contribution is 7.92. The summed E-state index contributed by atoms with van der Waals surface area (Å²) in [6.45, 7) is 5.76. The van der Waals surface area contributed by atoms with Crippen LogP contribution >= 0.6 is 0 Å². The van der Waals surface area contributed by atoms with Gasteiger partial charge in [0.25, 0.3) is 0 Å². The van der Waals surface area contributed by atoms with Gasteiger partial charge in [-0.05, 0) is 57.2 Å². The summed E-state index contributed by atoms with van der Waals surface area (Å²) in [5, 5.41) is 5.23. The molecule has 5 rings (SSSR count). The zero-order valence-corrected chi connectivity index (χ0v) is 23.7. The topological polar surface area (TPSA) is 121 Å². The molecule has 11 nitrogen and oxygen atoms in total. The molecular weight excluding hydrogens is 520 g/mol. The van der Waals surface area contributed by atoms with Gasteiger partial charge in [-0.25, -0.2) is 18.4 Å². The Kier molecular flexibility index (Phi) is 8.53. The van der Waals surface area contributed by atoms with Crippen molar-refractivity contribution in [2.24, 2.45) is 18.9 Å². The molecule has 2 aliphatic rings. The highest BCUT2D eigenvalue weighted by Crippen LogP contribution is 2.33. The second-order valence-corrected chi connectivity index (χ2v) is 12.4. The molecular formula is C27H38N6O5S. The van der Waals surface area contributed by atoms with E-state index in [-0.39, 0.29) is 11.6 Å². The molecule has 1 atom stereocenters. The van der Waals surface area contributed by atoms with Gasteiger partial charge in [-0.2, -0.15) is 5.10 Å². The minimum Gasteiger partial charge on any atom is -0.492 e. The van der Waals surface area contributed by atoms with Crippen molar-refractivity contribution in [3.05, 3.63) is 24.5 Å². The van der Waals surface area contributed by atoms with Gasteiger partial charge in [-0.15, -0.1) is 0 Å². The quantitative estimate of drug-likeness (QED) is 0.399. The lowest BCUT2D eigenvalue weighted by Gasteiger charge is -2.34. The van der Waals surface area contributed by atoms with Crippen LogP contribution in [0.1, 0.15) is 32.1 Å². The van der Waals surface area contributed by atoms with Gasteiger partial charge in [0.15, 0.2) is 5.65 Å². The number of nitrogens with one attached hydrogen (secondary N) is 1. The third kappa shape index (κ3) is 6.98. The number of hydrogen-bond donors (Lipinski definition) is 1. The van der Waals surface area contributed by atoms with Crippen LogP contribution < -0.4 is 14.2 Å². The number of aryl methyl sites for hydroxylation is 1. The fraction of sp³-hybridized carbons (Fsp3) is 0.593. The summed E-state index contributed by atoms with van der Waals surface area (Å²) in [5.41, 5.74) is 2.16. The molecule has 1 N–H and O–H groups in total. The van der Waals surface area contributed by atoms with E-state index in [9.17, 15) is 8.42 Å². The standard InChI is InChI=1S/C27H38N6O5S/c1-32-26-22(16-29-32)25(14-23(30-26)21-13-24(31-39(3,34)35)27(36-2)28-15-21)38-18-20-5-4-9-33(17-20)10-6-19-7-11-37-12-8-19/h13-16,19-20,31H,4-12,17-18H2,1-3H3. The maximum absolute atomic E-state index is 11.9. The third-order valence-corrected chi connectivity index (χ3v) is 8.17. The number of nitrogens with zero attached hydrogens (tertiary/aromatic N) is 5. The monoisotopic (exact) mass is 558 g/mol. The molecule has 0 aromatic carbocycles. The van der Waals surface area contributed by atoms with E-state index < -0.39 is 10.0 Å². The summed E-state index contributed by atoms with van der Waals surface area (Å²) in [7, 11) is -0.245. The summed E-state index contributed by atoms with van der Waals surface area (Å²) in [6.07, 6.45) is 10.4. The maximum atomic E-state index is 11.9. The van der Waals surface area contributed by atoms with Crippen molar-refractivity contribution in [1.82, 2.24) is 24.6 Å². The SMILES string of the molecule is COc1ncc(-c2cc(OCC3CCCN(CCC4CCOCC4)C3)c3cnn(C)c3n2)cc1NS(C)(=O)=O. The lowest BCUT2D eigenvalue weighted by atomic mass is 9.94. The summed E-state index contributed by atoms with van der Waals surface area (Å²) < 4.78 is 45.1. The molecule has 1 unspecified atom stereocenters. The fourth-order valence-electron chi connectivity index (χ4n) is 5.48. The first-order valence-electron chi connectivity index (χ1n) is 13.6. The van der Waals surface area contributed by atoms with Gasteiger partial charge >= 0.3 is 0 Å². The number of ether oxygens (including phenoxy) is 3. The van der Waals surface area contributed by atoms with E-state index in [1.54, 1.807) is 23.1 Å². The molecule has 212 valence electrons. The van der Waals surface area contributed by atoms with Crippen molar-refractivity contribution < 1.29 is 22.6 Å². The molecule has 0 radical (unpaired) electrons. The Hall–Kier alpha value is -2.96. The molecule has 2 fully saturated rings. The Morgan fingerprint density at radius 3 is 2.74 bits per heavy atom. The zero-order chi connectivity index (χ0) is 27.4. The summed E-state index contributed by atoms with van der Waals surface area (Å²) in [4.78, 5) is 11.7. The van der Waals surface area contributed by atoms with E-state index in [2.05, 4.69) is 19.7 Å². The number of aromatic nitrogens is 4. The van der Waals surface area contributed by atoms with Gasteiger partial charge < -0.3 is 19.1 Å². The Morgan fingerprint density at radius 1 is 1.15 bits per heavy atom. The first-order valence-corrected chi connectivity index (χ1v) is 15.5. The highest BCUT2D eigenvalue weighted by Gasteiger charge is 2.23. The third-order valence-electron chi connectivity index (χ3n) is 7.57. The van der Waals surface area contributed by atoms with E-state index in [1.807, 2.05) is 13.1 Å². The molecule has 3 aromatic heterocycles. The predicted octanol–water partition coefficient (Wildman–Crippen LogP) is 3.32. The molecule has 2 saturated heterocycles. The fourth-order valence-corrected chi connectivity index (χ4v) is 6.02. The number of methoxy groups -OCH3 is 1. The first-order chi connectivity index (χ1) is 18.8. The van der Waals surface area contributed by atoms with Crippen LogP contribution in [0.25, 0.3) is 22.3 Å². The van der Waals surface area contributed by atoms with E-state index in [0.29, 0.717) is 35.2 Å². The molecule has 12 heteroatoms. The number of anilines is 1. The Balaban J connectivity index is 1.32. The molecule has 0 bridgehead atoms. The maximum Gasteiger partial charge on any atom is 0.238 e. The zero-order valence-electron chi connectivity index (χ0n) is 22.9. The highest BCUT2D eigenvalue weighted by atomic mass is 32.2. The van der Waals surface area contributed by atoms with E-state index >= 15 is 0 Å². The minimum absolute atomic E-state index is 0.181. The molecule has 39 heavy (non-hydrogen) atoms. The molecule has 3 aromatic rings. The average molecular weight is 559 g/mol. The number of likely N-dealkylation sites (tertiary alicyclic amines) is 1. The summed E-state index contributed by atoms with van der Waals surface area (Å²) in [5.74, 6) is 2.12. The van der Waals surface area contributed by atoms with Crippen molar-refractivity contribution in [3.8, 4) is 22.9 Å². The lowest BCUT2D eigenvalue weighted by molar-refractivity contribution is 0.0561. The number of piperidine rings is 1. The van der Waals surface area contributed by atoms with Crippen LogP contribution in [-0.4, -0.2) is 85.9 Å². The van der Waals surface area contributed by atoms with Crippen molar-refractivity contribution in [2.45, 2.75) is 32.1 Å². The van der Waals surface area contributed by atoms with Crippen LogP contribution in [0.3, 0.4) is 0 Å². The van der Waals surface area contributed by atoms with Crippen molar-refractivity contribution in [3.63, 3.8) is 0 Å². The van der Waals surface area contributed by atoms with Crippen molar-refractivity contribution >= 4 is 26.7 Å². The Bertz CT molecular complexity index is 1390. The molecule has 5 heterocycles. The Morgan fingerprint density at radius 2 is 1.97 bits per heavy atom. The van der Waals surface area contributed by atoms with Gasteiger partial charge in [0.05, 0.1) is 37.2 Å². The second kappa shape index (κ2) is 12.1. The van der Waals surface area contributed by atoms with Crippen LogP contribution in [0, 0.1) is 11.8 Å². The second-order valence-electron chi connectivity index (χ2n) is 10.6. The number of fused-ring (bicyclic) bond motifs is 1. The predicted molar refractivity (Wildman–Crippen MR) is 150 cm³/mol. The van der Waals surface area contributed by atoms with Crippen LogP contribution in [-0.2, 0) is 21.8 Å². The molecule has 0 aliphatic carbocycles.